The van der Waals surface area contributed by atoms with Crippen molar-refractivity contribution in [1.29, 1.82) is 0 Å². The predicted molar refractivity (Wildman–Crippen MR) is 302 cm³/mol. The Labute approximate surface area is 431 Å². The molecule has 0 spiro atoms. The van der Waals surface area contributed by atoms with Crippen molar-refractivity contribution in [2.45, 2.75) is 366 Å². The molecule has 0 radical (unpaired) electrons. The van der Waals surface area contributed by atoms with Crippen LogP contribution in [0.5, 0.6) is 0 Å². The Kier molecular flexibility index (Phi) is 56.7. The lowest BCUT2D eigenvalue weighted by molar-refractivity contribution is -0.132. The number of hydrogen-bond donors (Lipinski definition) is 5. The molecule has 0 aromatic carbocycles. The Morgan fingerprint density at radius 1 is 0.348 bits per heavy atom. The van der Waals surface area contributed by atoms with Crippen LogP contribution in [0, 0.1) is 0 Å². The van der Waals surface area contributed by atoms with Gasteiger partial charge in [-0.2, -0.15) is 0 Å². The van der Waals surface area contributed by atoms with E-state index in [0.29, 0.717) is 12.8 Å². The lowest BCUT2D eigenvalue weighted by Crippen LogP contribution is -2.53. The zero-order chi connectivity index (χ0) is 50.2. The molecule has 0 aliphatic heterocycles. The minimum absolute atomic E-state index is 0.366. The van der Waals surface area contributed by atoms with Crippen molar-refractivity contribution in [2.24, 2.45) is 0 Å². The van der Waals surface area contributed by atoms with E-state index in [1.165, 1.54) is 276 Å². The van der Waals surface area contributed by atoms with Crippen LogP contribution in [0.25, 0.3) is 0 Å². The first kappa shape index (κ1) is 67.8. The summed E-state index contributed by atoms with van der Waals surface area (Å²) in [6.45, 7) is 4.09. The first-order valence-electron chi connectivity index (χ1n) is 31.2. The number of aliphatic hydroxyl groups is 4. The zero-order valence-corrected chi connectivity index (χ0v) is 46.6. The predicted octanol–water partition coefficient (Wildman–Crippen LogP) is 18.6. The van der Waals surface area contributed by atoms with E-state index in [4.69, 9.17) is 0 Å². The van der Waals surface area contributed by atoms with Crippen LogP contribution in [-0.2, 0) is 4.79 Å². The van der Waals surface area contributed by atoms with Crippen molar-refractivity contribution in [3.05, 3.63) is 24.3 Å². The number of aliphatic hydroxyl groups excluding tert-OH is 4. The molecule has 0 fully saturated rings. The minimum Gasteiger partial charge on any atom is -0.394 e. The van der Waals surface area contributed by atoms with Crippen LogP contribution in [-0.4, -0.2) is 57.3 Å². The highest BCUT2D eigenvalue weighted by Crippen LogP contribution is 2.18. The highest BCUT2D eigenvalue weighted by atomic mass is 16.3. The fraction of sp³-hybridized carbons (Fsp3) is 0.921. The molecule has 0 aromatic rings. The molecule has 0 aliphatic carbocycles. The van der Waals surface area contributed by atoms with E-state index in [-0.39, 0.29) is 0 Å². The molecule has 5 N–H and O–H groups in total. The molecule has 6 nitrogen and oxygen atoms in total. The topological polar surface area (TPSA) is 110 Å². The molecule has 4 unspecified atom stereocenters. The van der Waals surface area contributed by atoms with E-state index >= 15 is 0 Å². The van der Waals surface area contributed by atoms with E-state index in [2.05, 4.69) is 43.5 Å². The Morgan fingerprint density at radius 3 is 0.870 bits per heavy atom. The molecule has 1 amide bonds. The van der Waals surface area contributed by atoms with E-state index in [9.17, 15) is 25.2 Å². The second-order valence-corrected chi connectivity index (χ2v) is 21.7. The van der Waals surface area contributed by atoms with E-state index < -0.39 is 36.9 Å². The maximum Gasteiger partial charge on any atom is 0.249 e. The van der Waals surface area contributed by atoms with Crippen LogP contribution in [0.3, 0.4) is 0 Å². The molecular formula is C63H123NO5. The smallest absolute Gasteiger partial charge is 0.249 e. The van der Waals surface area contributed by atoms with Crippen molar-refractivity contribution >= 4 is 5.91 Å². The number of nitrogens with one attached hydrogen (secondary N) is 1. The van der Waals surface area contributed by atoms with Gasteiger partial charge >= 0.3 is 0 Å². The average Bonchev–Trinajstić information content (AvgIpc) is 3.35. The third-order valence-corrected chi connectivity index (χ3v) is 14.9. The summed E-state index contributed by atoms with van der Waals surface area (Å²) in [6, 6.07) is -1.00. The zero-order valence-electron chi connectivity index (χ0n) is 46.6. The van der Waals surface area contributed by atoms with Gasteiger partial charge in [-0.05, 0) is 64.2 Å². The number of rotatable bonds is 58. The fourth-order valence-electron chi connectivity index (χ4n) is 9.99. The van der Waals surface area contributed by atoms with Crippen LogP contribution >= 0.6 is 0 Å². The number of unbranched alkanes of at least 4 members (excludes halogenated alkanes) is 45. The van der Waals surface area contributed by atoms with Gasteiger partial charge in [-0.1, -0.05) is 301 Å². The largest absolute Gasteiger partial charge is 0.394 e. The summed E-state index contributed by atoms with van der Waals surface area (Å²) in [4.78, 5) is 12.6. The Bertz CT molecular complexity index is 1050. The maximum absolute atomic E-state index is 12.6. The van der Waals surface area contributed by atoms with Gasteiger partial charge in [-0.25, -0.2) is 0 Å². The summed E-state index contributed by atoms with van der Waals surface area (Å²) in [5, 5.41) is 44.1. The molecule has 0 aromatic heterocycles. The molecule has 4 atom stereocenters. The first-order chi connectivity index (χ1) is 34.0. The van der Waals surface area contributed by atoms with E-state index in [0.717, 1.165) is 38.5 Å². The van der Waals surface area contributed by atoms with Crippen molar-refractivity contribution in [2.75, 3.05) is 6.61 Å². The molecule has 0 bridgehead atoms. The fourth-order valence-corrected chi connectivity index (χ4v) is 9.99. The van der Waals surface area contributed by atoms with Crippen LogP contribution in [0.1, 0.15) is 341 Å². The maximum atomic E-state index is 12.6. The minimum atomic E-state index is -1.28. The van der Waals surface area contributed by atoms with Gasteiger partial charge in [0.1, 0.15) is 12.2 Å². The SMILES string of the molecule is CCCCCCCCCCCCCC/C=C\CCCCCCCCCCCCCCCCCC(O)C(=O)NC(CO)C(O)C(O)CCC/C=C/CCCCCCCCCCCCCCCCCCC. The van der Waals surface area contributed by atoms with Gasteiger partial charge in [-0.15, -0.1) is 0 Å². The lowest BCUT2D eigenvalue weighted by atomic mass is 10.00. The molecule has 410 valence electrons. The quantitative estimate of drug-likeness (QED) is 0.0308. The summed E-state index contributed by atoms with van der Waals surface area (Å²) in [5.74, 6) is -0.587. The standard InChI is InChI=1S/C63H123NO5/c1-3-5-7-9-11-13-15-17-19-21-23-25-27-28-29-30-31-32-33-34-35-37-39-41-43-45-47-49-51-53-55-57-61(67)63(69)64-59(58-65)62(68)60(66)56-54-52-50-48-46-44-42-40-38-36-26-24-22-20-18-16-14-12-10-8-6-4-2/h28-29,48,50,59-62,65-68H,3-27,30-47,49,51-58H2,1-2H3,(H,64,69)/b29-28-,50-48+. The third-order valence-electron chi connectivity index (χ3n) is 14.9. The van der Waals surface area contributed by atoms with E-state index in [1.807, 2.05) is 0 Å². The van der Waals surface area contributed by atoms with Gasteiger partial charge in [-0.3, -0.25) is 4.79 Å². The summed E-state index contributed by atoms with van der Waals surface area (Å²) in [7, 11) is 0. The van der Waals surface area contributed by atoms with Crippen LogP contribution in [0.4, 0.5) is 0 Å². The van der Waals surface area contributed by atoms with Gasteiger partial charge in [0.2, 0.25) is 5.91 Å². The number of amides is 1. The highest BCUT2D eigenvalue weighted by Gasteiger charge is 2.28. The Balaban J connectivity index is 3.59. The van der Waals surface area contributed by atoms with Crippen LogP contribution < -0.4 is 5.32 Å². The van der Waals surface area contributed by atoms with Crippen LogP contribution in [0.15, 0.2) is 24.3 Å². The van der Waals surface area contributed by atoms with Crippen molar-refractivity contribution < 1.29 is 25.2 Å². The van der Waals surface area contributed by atoms with E-state index in [1.54, 1.807) is 0 Å². The average molecular weight is 975 g/mol. The first-order valence-corrected chi connectivity index (χ1v) is 31.2. The molecule has 0 saturated heterocycles. The van der Waals surface area contributed by atoms with Crippen molar-refractivity contribution in [3.63, 3.8) is 0 Å². The molecule has 0 heterocycles. The molecule has 6 heteroatoms. The summed E-state index contributed by atoms with van der Waals surface area (Å²) in [6.07, 6.45) is 71.3. The number of allylic oxidation sites excluding steroid dienone is 4. The summed E-state index contributed by atoms with van der Waals surface area (Å²) < 4.78 is 0. The molecule has 0 rings (SSSR count). The Hall–Kier alpha value is -1.21. The molecular weight excluding hydrogens is 851 g/mol. The number of carbonyl (C=O) groups excluding carboxylic acids is 1. The normalized spacial score (nSPS) is 13.8. The second-order valence-electron chi connectivity index (χ2n) is 21.7. The van der Waals surface area contributed by atoms with Crippen molar-refractivity contribution in [1.82, 2.24) is 5.32 Å². The summed E-state index contributed by atoms with van der Waals surface area (Å²) >= 11 is 0. The van der Waals surface area contributed by atoms with Gasteiger partial charge < -0.3 is 25.7 Å². The van der Waals surface area contributed by atoms with Gasteiger partial charge in [0, 0.05) is 0 Å². The highest BCUT2D eigenvalue weighted by molar-refractivity contribution is 5.80. The number of carbonyl (C=O) groups is 1. The monoisotopic (exact) mass is 974 g/mol. The number of hydrogen-bond acceptors (Lipinski definition) is 5. The van der Waals surface area contributed by atoms with Crippen molar-refractivity contribution in [3.8, 4) is 0 Å². The summed E-state index contributed by atoms with van der Waals surface area (Å²) in [5.41, 5.74) is 0. The lowest BCUT2D eigenvalue weighted by Gasteiger charge is -2.27. The van der Waals surface area contributed by atoms with Gasteiger partial charge in [0.15, 0.2) is 0 Å². The van der Waals surface area contributed by atoms with Crippen LogP contribution in [0.2, 0.25) is 0 Å². The van der Waals surface area contributed by atoms with Gasteiger partial charge in [0.25, 0.3) is 0 Å². The molecule has 69 heavy (non-hydrogen) atoms. The second kappa shape index (κ2) is 57.7. The molecule has 0 aliphatic rings. The third kappa shape index (κ3) is 51.5. The molecule has 0 saturated carbocycles. The Morgan fingerprint density at radius 2 is 0.594 bits per heavy atom. The van der Waals surface area contributed by atoms with Gasteiger partial charge in [0.05, 0.1) is 18.8 Å².